The largest absolute Gasteiger partial charge is 0.493 e. The van der Waals surface area contributed by atoms with Gasteiger partial charge >= 0.3 is 0 Å². The van der Waals surface area contributed by atoms with E-state index < -0.39 is 0 Å². The van der Waals surface area contributed by atoms with Crippen molar-refractivity contribution < 1.29 is 18.7 Å². The molecule has 1 aliphatic heterocycles. The van der Waals surface area contributed by atoms with Gasteiger partial charge in [-0.05, 0) is 95.7 Å². The number of hydrogen-bond donors (Lipinski definition) is 1. The van der Waals surface area contributed by atoms with E-state index in [1.807, 2.05) is 19.1 Å². The van der Waals surface area contributed by atoms with E-state index in [-0.39, 0.29) is 17.8 Å². The first-order valence-corrected chi connectivity index (χ1v) is 10.9. The fourth-order valence-corrected chi connectivity index (χ4v) is 4.08. The normalized spacial score (nSPS) is 17.5. The van der Waals surface area contributed by atoms with E-state index in [4.69, 9.17) is 9.47 Å². The average Bonchev–Trinajstić information content (AvgIpc) is 3.04. The maximum atomic E-state index is 13.0. The Balaban J connectivity index is 1.85. The number of amides is 1. The molecule has 0 spiro atoms. The molecular weight excluding hydrogens is 506 g/mol. The summed E-state index contributed by atoms with van der Waals surface area (Å²) in [6.07, 6.45) is 2.74. The van der Waals surface area contributed by atoms with Crippen molar-refractivity contribution in [3.63, 3.8) is 0 Å². The highest BCUT2D eigenvalue weighted by molar-refractivity contribution is 14.1. The summed E-state index contributed by atoms with van der Waals surface area (Å²) in [6, 6.07) is 9.55. The molecule has 1 heterocycles. The molecule has 5 nitrogen and oxygen atoms in total. The van der Waals surface area contributed by atoms with Gasteiger partial charge in [0.2, 0.25) is 0 Å². The number of hydrogen-bond acceptors (Lipinski definition) is 5. The number of thioether (sulfide) groups is 1. The van der Waals surface area contributed by atoms with Gasteiger partial charge in [0.15, 0.2) is 16.7 Å². The lowest BCUT2D eigenvalue weighted by molar-refractivity contribution is -0.115. The second-order valence-electron chi connectivity index (χ2n) is 6.33. The number of nitrogens with one attached hydrogen (secondary N) is 1. The standard InChI is InChI=1S/C21H20FIN2O3S/c1-4-12(2)28-19-16(23)9-13(10-17(19)27-3)11-18-20(26)25-21(29-18)24-15-7-5-14(22)6-8-15/h5-12H,4H2,1-3H3,(H,24,25,26)/b18-11+/t12-/m0/s1. The molecule has 0 bridgehead atoms. The number of amidine groups is 1. The maximum absolute atomic E-state index is 13.0. The van der Waals surface area contributed by atoms with Crippen LogP contribution in [0.3, 0.4) is 0 Å². The number of rotatable bonds is 6. The molecule has 0 saturated carbocycles. The van der Waals surface area contributed by atoms with Gasteiger partial charge in [0.1, 0.15) is 5.82 Å². The molecule has 8 heteroatoms. The van der Waals surface area contributed by atoms with E-state index in [1.54, 1.807) is 25.3 Å². The predicted molar refractivity (Wildman–Crippen MR) is 123 cm³/mol. The Hall–Kier alpha value is -2.07. The lowest BCUT2D eigenvalue weighted by Gasteiger charge is -2.17. The van der Waals surface area contributed by atoms with E-state index in [2.05, 4.69) is 39.8 Å². The minimum Gasteiger partial charge on any atom is -0.493 e. The molecule has 29 heavy (non-hydrogen) atoms. The van der Waals surface area contributed by atoms with Crippen LogP contribution >= 0.6 is 34.4 Å². The second kappa shape index (κ2) is 9.62. The molecule has 0 aromatic heterocycles. The quantitative estimate of drug-likeness (QED) is 0.399. The first kappa shape index (κ1) is 21.6. The molecule has 1 N–H and O–H groups in total. The highest BCUT2D eigenvalue weighted by Gasteiger charge is 2.24. The van der Waals surface area contributed by atoms with Gasteiger partial charge in [-0.3, -0.25) is 4.79 Å². The van der Waals surface area contributed by atoms with E-state index in [9.17, 15) is 9.18 Å². The molecule has 0 unspecified atom stereocenters. The van der Waals surface area contributed by atoms with Crippen LogP contribution < -0.4 is 14.8 Å². The number of carbonyl (C=O) groups excluding carboxylic acids is 1. The molecule has 152 valence electrons. The third-order valence-electron chi connectivity index (χ3n) is 4.15. The summed E-state index contributed by atoms with van der Waals surface area (Å²) >= 11 is 3.43. The second-order valence-corrected chi connectivity index (χ2v) is 8.52. The van der Waals surface area contributed by atoms with Crippen LogP contribution in [0.4, 0.5) is 10.1 Å². The summed E-state index contributed by atoms with van der Waals surface area (Å²) in [4.78, 5) is 17.2. The van der Waals surface area contributed by atoms with Crippen molar-refractivity contribution in [2.75, 3.05) is 7.11 Å². The van der Waals surface area contributed by atoms with E-state index >= 15 is 0 Å². The van der Waals surface area contributed by atoms with Gasteiger partial charge in [0, 0.05) is 0 Å². The molecule has 1 amide bonds. The van der Waals surface area contributed by atoms with E-state index in [1.165, 1.54) is 23.9 Å². The van der Waals surface area contributed by atoms with Crippen molar-refractivity contribution in [2.45, 2.75) is 26.4 Å². The molecule has 1 fully saturated rings. The first-order chi connectivity index (χ1) is 13.9. The van der Waals surface area contributed by atoms with Crippen molar-refractivity contribution in [2.24, 2.45) is 4.99 Å². The zero-order chi connectivity index (χ0) is 21.0. The number of ether oxygens (including phenoxy) is 2. The summed E-state index contributed by atoms with van der Waals surface area (Å²) in [5.74, 6) is 0.756. The summed E-state index contributed by atoms with van der Waals surface area (Å²) in [6.45, 7) is 4.07. The summed E-state index contributed by atoms with van der Waals surface area (Å²) in [5, 5.41) is 3.18. The summed E-state index contributed by atoms with van der Waals surface area (Å²) in [5.41, 5.74) is 1.39. The molecule has 2 aromatic carbocycles. The number of nitrogens with zero attached hydrogens (tertiary/aromatic N) is 1. The number of carbonyl (C=O) groups is 1. The van der Waals surface area contributed by atoms with Crippen molar-refractivity contribution >= 4 is 57.2 Å². The topological polar surface area (TPSA) is 59.9 Å². The minimum atomic E-state index is -0.332. The first-order valence-electron chi connectivity index (χ1n) is 8.99. The Morgan fingerprint density at radius 2 is 2.03 bits per heavy atom. The number of methoxy groups -OCH3 is 1. The molecule has 1 atom stereocenters. The van der Waals surface area contributed by atoms with Crippen molar-refractivity contribution in [1.29, 1.82) is 0 Å². The third kappa shape index (κ3) is 5.51. The minimum absolute atomic E-state index is 0.0722. The van der Waals surface area contributed by atoms with Crippen molar-refractivity contribution in [1.82, 2.24) is 5.32 Å². The molecule has 1 saturated heterocycles. The van der Waals surface area contributed by atoms with Gasteiger partial charge in [-0.25, -0.2) is 9.38 Å². The highest BCUT2D eigenvalue weighted by Crippen LogP contribution is 2.37. The average molecular weight is 526 g/mol. The van der Waals surface area contributed by atoms with E-state index in [0.717, 1.165) is 15.6 Å². The fraction of sp³-hybridized carbons (Fsp3) is 0.238. The Bertz CT molecular complexity index is 977. The Labute approximate surface area is 186 Å². The van der Waals surface area contributed by atoms with Crippen LogP contribution in [0.1, 0.15) is 25.8 Å². The predicted octanol–water partition coefficient (Wildman–Crippen LogP) is 5.51. The zero-order valence-electron chi connectivity index (χ0n) is 16.2. The lowest BCUT2D eigenvalue weighted by Crippen LogP contribution is -2.19. The smallest absolute Gasteiger partial charge is 0.264 e. The highest BCUT2D eigenvalue weighted by atomic mass is 127. The summed E-state index contributed by atoms with van der Waals surface area (Å²) in [7, 11) is 1.59. The number of halogens is 2. The molecule has 0 radical (unpaired) electrons. The molecule has 3 rings (SSSR count). The van der Waals surface area contributed by atoms with Gasteiger partial charge in [-0.1, -0.05) is 6.92 Å². The number of aliphatic imine (C=N–C) groups is 1. The van der Waals surface area contributed by atoms with Crippen LogP contribution in [0.15, 0.2) is 46.3 Å². The SMILES string of the molecule is CC[C@H](C)Oc1c(I)cc(/C=C2/SC(=Nc3ccc(F)cc3)NC2=O)cc1OC. The molecule has 0 aliphatic carbocycles. The van der Waals surface area contributed by atoms with Gasteiger partial charge in [0.25, 0.3) is 5.91 Å². The van der Waals surface area contributed by atoms with Gasteiger partial charge in [-0.15, -0.1) is 0 Å². The third-order valence-corrected chi connectivity index (χ3v) is 5.86. The van der Waals surface area contributed by atoms with E-state index in [0.29, 0.717) is 27.3 Å². The van der Waals surface area contributed by atoms with Crippen molar-refractivity contribution in [3.05, 3.63) is 56.3 Å². The molecule has 1 aliphatic rings. The summed E-state index contributed by atoms with van der Waals surface area (Å²) < 4.78 is 25.4. The maximum Gasteiger partial charge on any atom is 0.264 e. The van der Waals surface area contributed by atoms with Crippen LogP contribution in [0.2, 0.25) is 0 Å². The van der Waals surface area contributed by atoms with Crippen molar-refractivity contribution in [3.8, 4) is 11.5 Å². The molecule has 2 aromatic rings. The van der Waals surface area contributed by atoms with Crippen LogP contribution in [0.25, 0.3) is 6.08 Å². The fourth-order valence-electron chi connectivity index (χ4n) is 2.49. The Morgan fingerprint density at radius 1 is 1.31 bits per heavy atom. The Morgan fingerprint density at radius 3 is 2.69 bits per heavy atom. The van der Waals surface area contributed by atoms with Crippen LogP contribution in [0.5, 0.6) is 11.5 Å². The molecular formula is C21H20FIN2O3S. The van der Waals surface area contributed by atoms with Gasteiger partial charge in [-0.2, -0.15) is 0 Å². The van der Waals surface area contributed by atoms with Crippen LogP contribution in [-0.2, 0) is 4.79 Å². The van der Waals surface area contributed by atoms with Gasteiger partial charge < -0.3 is 14.8 Å². The van der Waals surface area contributed by atoms with Crippen LogP contribution in [-0.4, -0.2) is 24.3 Å². The number of benzene rings is 2. The Kier molecular flexibility index (Phi) is 7.18. The zero-order valence-corrected chi connectivity index (χ0v) is 19.1. The van der Waals surface area contributed by atoms with Crippen LogP contribution in [0, 0.1) is 9.39 Å². The van der Waals surface area contributed by atoms with Gasteiger partial charge in [0.05, 0.1) is 27.4 Å². The monoisotopic (exact) mass is 526 g/mol. The lowest BCUT2D eigenvalue weighted by atomic mass is 10.2.